The van der Waals surface area contributed by atoms with Crippen LogP contribution >= 0.6 is 0 Å². The Bertz CT molecular complexity index is 1090. The number of pyridine rings is 1. The molecule has 2 aromatic heterocycles. The second-order valence-electron chi connectivity index (χ2n) is 8.71. The molecule has 154 valence electrons. The fourth-order valence-corrected chi connectivity index (χ4v) is 3.97. The van der Waals surface area contributed by atoms with Crippen LogP contribution in [0.2, 0.25) is 0 Å². The lowest BCUT2D eigenvalue weighted by Gasteiger charge is -2.35. The first-order chi connectivity index (χ1) is 13.8. The van der Waals surface area contributed by atoms with E-state index in [4.69, 9.17) is 4.74 Å². The summed E-state index contributed by atoms with van der Waals surface area (Å²) in [4.78, 5) is 18.6. The summed E-state index contributed by atoms with van der Waals surface area (Å²) in [6.07, 6.45) is 0. The largest absolute Gasteiger partial charge is 0.379 e. The third-order valence-electron chi connectivity index (χ3n) is 5.55. The number of H-pyrrole nitrogens is 1. The lowest BCUT2D eigenvalue weighted by atomic mass is 9.98. The lowest BCUT2D eigenvalue weighted by Crippen LogP contribution is -2.43. The van der Waals surface area contributed by atoms with Gasteiger partial charge in [-0.05, 0) is 62.2 Å². The van der Waals surface area contributed by atoms with Gasteiger partial charge in [0.1, 0.15) is 6.04 Å². The van der Waals surface area contributed by atoms with E-state index < -0.39 is 0 Å². The van der Waals surface area contributed by atoms with Crippen molar-refractivity contribution in [2.45, 2.75) is 46.2 Å². The highest BCUT2D eigenvalue weighted by Gasteiger charge is 2.34. The summed E-state index contributed by atoms with van der Waals surface area (Å²) in [6, 6.07) is 5.79. The predicted molar refractivity (Wildman–Crippen MR) is 111 cm³/mol. The van der Waals surface area contributed by atoms with Crippen molar-refractivity contribution in [3.05, 3.63) is 51.1 Å². The van der Waals surface area contributed by atoms with Gasteiger partial charge in [-0.3, -0.25) is 9.69 Å². The maximum atomic E-state index is 13.2. The Morgan fingerprint density at radius 1 is 1.14 bits per heavy atom. The second-order valence-corrected chi connectivity index (χ2v) is 8.71. The minimum absolute atomic E-state index is 0.105. The molecule has 0 aliphatic carbocycles. The zero-order valence-corrected chi connectivity index (χ0v) is 17.7. The molecule has 4 rings (SSSR count). The molecule has 29 heavy (non-hydrogen) atoms. The normalized spacial score (nSPS) is 17.0. The summed E-state index contributed by atoms with van der Waals surface area (Å²) in [7, 11) is 0. The van der Waals surface area contributed by atoms with Crippen LogP contribution in [0.3, 0.4) is 0 Å². The molecule has 1 aliphatic heterocycles. The highest BCUT2D eigenvalue weighted by Crippen LogP contribution is 2.30. The molecule has 0 amide bonds. The van der Waals surface area contributed by atoms with Gasteiger partial charge in [0.2, 0.25) is 0 Å². The summed E-state index contributed by atoms with van der Waals surface area (Å²) in [5.41, 5.74) is 3.31. The lowest BCUT2D eigenvalue weighted by molar-refractivity contribution is 0.0206. The topological polar surface area (TPSA) is 88.9 Å². The molecule has 1 saturated heterocycles. The Labute approximate surface area is 169 Å². The van der Waals surface area contributed by atoms with Crippen molar-refractivity contribution in [2.75, 3.05) is 26.3 Å². The average Bonchev–Trinajstić information content (AvgIpc) is 3.17. The Morgan fingerprint density at radius 2 is 1.83 bits per heavy atom. The van der Waals surface area contributed by atoms with Gasteiger partial charge in [-0.25, -0.2) is 4.68 Å². The number of aromatic nitrogens is 5. The molecule has 0 unspecified atom stereocenters. The molecule has 1 aliphatic rings. The molecule has 1 atom stereocenters. The average molecular weight is 396 g/mol. The number of hydrogen-bond acceptors (Lipinski definition) is 6. The third kappa shape index (κ3) is 3.58. The Kier molecular flexibility index (Phi) is 5.00. The third-order valence-corrected chi connectivity index (χ3v) is 5.55. The molecule has 0 radical (unpaired) electrons. The summed E-state index contributed by atoms with van der Waals surface area (Å²) in [6.45, 7) is 12.9. The van der Waals surface area contributed by atoms with Crippen LogP contribution < -0.4 is 5.56 Å². The predicted octanol–water partition coefficient (Wildman–Crippen LogP) is 2.31. The number of hydrogen-bond donors (Lipinski definition) is 1. The number of nitrogens with one attached hydrogen (secondary N) is 1. The van der Waals surface area contributed by atoms with Crippen molar-refractivity contribution < 1.29 is 4.74 Å². The van der Waals surface area contributed by atoms with E-state index in [0.29, 0.717) is 37.7 Å². The Balaban J connectivity index is 1.95. The number of morpholine rings is 1. The van der Waals surface area contributed by atoms with Gasteiger partial charge in [-0.1, -0.05) is 12.1 Å². The Morgan fingerprint density at radius 3 is 2.52 bits per heavy atom. The summed E-state index contributed by atoms with van der Waals surface area (Å²) < 4.78 is 7.37. The fourth-order valence-electron chi connectivity index (χ4n) is 3.97. The van der Waals surface area contributed by atoms with Crippen LogP contribution in [0.4, 0.5) is 0 Å². The monoisotopic (exact) mass is 396 g/mol. The van der Waals surface area contributed by atoms with Crippen molar-refractivity contribution >= 4 is 10.9 Å². The first-order valence-electron chi connectivity index (χ1n) is 10.0. The summed E-state index contributed by atoms with van der Waals surface area (Å²) in [5.74, 6) is 0.676. The van der Waals surface area contributed by atoms with E-state index in [0.717, 1.165) is 22.0 Å². The van der Waals surface area contributed by atoms with Gasteiger partial charge in [-0.15, -0.1) is 5.10 Å². The molecule has 3 aromatic rings. The number of ether oxygens (including phenoxy) is 1. The van der Waals surface area contributed by atoms with E-state index in [-0.39, 0.29) is 17.1 Å². The highest BCUT2D eigenvalue weighted by molar-refractivity contribution is 5.85. The van der Waals surface area contributed by atoms with Crippen LogP contribution in [-0.2, 0) is 10.3 Å². The van der Waals surface area contributed by atoms with E-state index in [1.807, 2.05) is 23.7 Å². The summed E-state index contributed by atoms with van der Waals surface area (Å²) in [5, 5.41) is 13.6. The van der Waals surface area contributed by atoms with E-state index in [1.165, 1.54) is 0 Å². The number of benzene rings is 1. The minimum Gasteiger partial charge on any atom is -0.379 e. The molecule has 0 spiro atoms. The Hall–Kier alpha value is -2.58. The van der Waals surface area contributed by atoms with Crippen molar-refractivity contribution in [2.24, 2.45) is 0 Å². The van der Waals surface area contributed by atoms with E-state index in [1.54, 1.807) is 0 Å². The van der Waals surface area contributed by atoms with Crippen molar-refractivity contribution in [1.82, 2.24) is 30.1 Å². The number of rotatable bonds is 3. The van der Waals surface area contributed by atoms with Gasteiger partial charge in [-0.2, -0.15) is 0 Å². The van der Waals surface area contributed by atoms with Crippen LogP contribution in [0.15, 0.2) is 23.0 Å². The van der Waals surface area contributed by atoms with E-state index >= 15 is 0 Å². The standard InChI is InChI=1S/C21H28N6O2/c1-13-6-7-14(2)17-15(13)12-16(20(28)22-17)18(26-8-10-29-11-9-26)19-23-24-25-27(19)21(3,4)5/h6-7,12,18H,8-11H2,1-5H3,(H,22,28)/t18-/m1/s1. The van der Waals surface area contributed by atoms with Gasteiger partial charge in [0.25, 0.3) is 5.56 Å². The smallest absolute Gasteiger partial charge is 0.253 e. The van der Waals surface area contributed by atoms with Gasteiger partial charge < -0.3 is 9.72 Å². The number of nitrogens with zero attached hydrogens (tertiary/aromatic N) is 5. The first-order valence-corrected chi connectivity index (χ1v) is 10.0. The number of aryl methyl sites for hydroxylation is 2. The van der Waals surface area contributed by atoms with Crippen molar-refractivity contribution in [3.63, 3.8) is 0 Å². The molecule has 3 heterocycles. The number of fused-ring (bicyclic) bond motifs is 1. The van der Waals surface area contributed by atoms with Crippen LogP contribution in [0.25, 0.3) is 10.9 Å². The number of aromatic amines is 1. The first kappa shape index (κ1) is 19.7. The highest BCUT2D eigenvalue weighted by atomic mass is 16.5. The second kappa shape index (κ2) is 7.35. The molecule has 8 nitrogen and oxygen atoms in total. The van der Waals surface area contributed by atoms with E-state index in [9.17, 15) is 4.79 Å². The SMILES string of the molecule is Cc1ccc(C)c2[nH]c(=O)c([C@H](c3nnnn3C(C)(C)C)N3CCOCC3)cc12. The van der Waals surface area contributed by atoms with Gasteiger partial charge >= 0.3 is 0 Å². The van der Waals surface area contributed by atoms with Crippen molar-refractivity contribution in [1.29, 1.82) is 0 Å². The van der Waals surface area contributed by atoms with Gasteiger partial charge in [0.15, 0.2) is 5.82 Å². The van der Waals surface area contributed by atoms with Crippen LogP contribution in [0, 0.1) is 13.8 Å². The molecular weight excluding hydrogens is 368 g/mol. The van der Waals surface area contributed by atoms with Gasteiger partial charge in [0, 0.05) is 24.0 Å². The molecule has 1 aromatic carbocycles. The fraction of sp³-hybridized carbons (Fsp3) is 0.524. The molecule has 0 bridgehead atoms. The zero-order chi connectivity index (χ0) is 20.8. The minimum atomic E-state index is -0.346. The maximum Gasteiger partial charge on any atom is 0.253 e. The molecular formula is C21H28N6O2. The molecule has 1 fully saturated rings. The van der Waals surface area contributed by atoms with Gasteiger partial charge in [0.05, 0.1) is 24.3 Å². The van der Waals surface area contributed by atoms with Crippen LogP contribution in [-0.4, -0.2) is 56.4 Å². The van der Waals surface area contributed by atoms with Crippen LogP contribution in [0.5, 0.6) is 0 Å². The summed E-state index contributed by atoms with van der Waals surface area (Å²) >= 11 is 0. The van der Waals surface area contributed by atoms with E-state index in [2.05, 4.69) is 59.2 Å². The maximum absolute atomic E-state index is 13.2. The molecule has 0 saturated carbocycles. The zero-order valence-electron chi connectivity index (χ0n) is 17.7. The quantitative estimate of drug-likeness (QED) is 0.731. The number of tetrazole rings is 1. The van der Waals surface area contributed by atoms with Crippen LogP contribution in [0.1, 0.15) is 49.3 Å². The molecule has 8 heteroatoms. The molecule has 1 N–H and O–H groups in total. The van der Waals surface area contributed by atoms with Crippen molar-refractivity contribution in [3.8, 4) is 0 Å².